The second kappa shape index (κ2) is 5.69. The van der Waals surface area contributed by atoms with E-state index >= 15 is 0 Å². The summed E-state index contributed by atoms with van der Waals surface area (Å²) in [6, 6.07) is 16.4. The van der Waals surface area contributed by atoms with Gasteiger partial charge in [0.05, 0.1) is 17.0 Å². The van der Waals surface area contributed by atoms with Gasteiger partial charge < -0.3 is 15.5 Å². The SMILES string of the molecule is N#CC1=C(N)Oc2c(c(=O)[nH]c3ccccc23)[C@@H]1c1ccc(Cl)cc1. The third-order valence-corrected chi connectivity index (χ3v) is 4.54. The molecule has 1 atom stereocenters. The number of H-pyrrole nitrogens is 1. The Balaban J connectivity index is 2.08. The Labute approximate surface area is 147 Å². The number of rotatable bonds is 1. The summed E-state index contributed by atoms with van der Waals surface area (Å²) in [5, 5.41) is 10.9. The Morgan fingerprint density at radius 3 is 2.60 bits per heavy atom. The van der Waals surface area contributed by atoms with Gasteiger partial charge in [0.2, 0.25) is 5.88 Å². The molecule has 25 heavy (non-hydrogen) atoms. The predicted molar refractivity (Wildman–Crippen MR) is 95.3 cm³/mol. The van der Waals surface area contributed by atoms with E-state index in [1.165, 1.54) is 0 Å². The molecule has 0 unspecified atom stereocenters. The van der Waals surface area contributed by atoms with Crippen LogP contribution in [0.25, 0.3) is 10.9 Å². The molecule has 0 amide bonds. The zero-order valence-electron chi connectivity index (χ0n) is 12.9. The molecule has 3 aromatic rings. The van der Waals surface area contributed by atoms with Crippen LogP contribution >= 0.6 is 11.6 Å². The van der Waals surface area contributed by atoms with Crippen LogP contribution in [0.4, 0.5) is 0 Å². The molecule has 0 aliphatic carbocycles. The number of fused-ring (bicyclic) bond motifs is 3. The molecule has 0 saturated carbocycles. The first-order chi connectivity index (χ1) is 12.1. The summed E-state index contributed by atoms with van der Waals surface area (Å²) < 4.78 is 5.69. The number of nitriles is 1. The summed E-state index contributed by atoms with van der Waals surface area (Å²) in [6.07, 6.45) is 0. The summed E-state index contributed by atoms with van der Waals surface area (Å²) in [5.41, 5.74) is 7.65. The highest BCUT2D eigenvalue weighted by atomic mass is 35.5. The van der Waals surface area contributed by atoms with Gasteiger partial charge in [0.25, 0.3) is 5.56 Å². The minimum atomic E-state index is -0.612. The molecule has 3 N–H and O–H groups in total. The first-order valence-corrected chi connectivity index (χ1v) is 7.96. The van der Waals surface area contributed by atoms with Gasteiger partial charge in [-0.25, -0.2) is 0 Å². The van der Waals surface area contributed by atoms with Crippen LogP contribution in [0.15, 0.2) is 64.8 Å². The van der Waals surface area contributed by atoms with Crippen molar-refractivity contribution in [3.63, 3.8) is 0 Å². The molecule has 1 aromatic heterocycles. The van der Waals surface area contributed by atoms with Crippen LogP contribution in [0.2, 0.25) is 5.02 Å². The number of nitrogens with two attached hydrogens (primary N) is 1. The van der Waals surface area contributed by atoms with E-state index in [0.29, 0.717) is 21.9 Å². The molecule has 0 fully saturated rings. The van der Waals surface area contributed by atoms with E-state index in [4.69, 9.17) is 22.1 Å². The second-order valence-electron chi connectivity index (χ2n) is 5.72. The third kappa shape index (κ3) is 2.35. The first-order valence-electron chi connectivity index (χ1n) is 7.58. The molecule has 5 nitrogen and oxygen atoms in total. The number of hydrogen-bond donors (Lipinski definition) is 2. The quantitative estimate of drug-likeness (QED) is 0.704. The van der Waals surface area contributed by atoms with E-state index in [0.717, 1.165) is 10.9 Å². The summed E-state index contributed by atoms with van der Waals surface area (Å²) in [4.78, 5) is 15.6. The Morgan fingerprint density at radius 1 is 1.16 bits per heavy atom. The molecule has 0 bridgehead atoms. The lowest BCUT2D eigenvalue weighted by Gasteiger charge is -2.26. The number of allylic oxidation sites excluding steroid dienone is 1. The normalized spacial score (nSPS) is 16.2. The summed E-state index contributed by atoms with van der Waals surface area (Å²) in [6.45, 7) is 0. The number of benzene rings is 2. The van der Waals surface area contributed by atoms with Crippen LogP contribution in [0, 0.1) is 11.3 Å². The van der Waals surface area contributed by atoms with E-state index in [9.17, 15) is 10.1 Å². The van der Waals surface area contributed by atoms with E-state index in [2.05, 4.69) is 11.1 Å². The van der Waals surface area contributed by atoms with Gasteiger partial charge in [0.15, 0.2) is 0 Å². The number of ether oxygens (including phenoxy) is 1. The summed E-state index contributed by atoms with van der Waals surface area (Å²) in [7, 11) is 0. The Bertz CT molecular complexity index is 1120. The maximum atomic E-state index is 12.8. The number of aromatic nitrogens is 1. The fraction of sp³-hybridized carbons (Fsp3) is 0.0526. The van der Waals surface area contributed by atoms with E-state index < -0.39 is 5.92 Å². The summed E-state index contributed by atoms with van der Waals surface area (Å²) >= 11 is 5.96. The van der Waals surface area contributed by atoms with Crippen molar-refractivity contribution in [1.29, 1.82) is 5.26 Å². The second-order valence-corrected chi connectivity index (χ2v) is 6.16. The lowest BCUT2D eigenvalue weighted by molar-refractivity contribution is 0.397. The van der Waals surface area contributed by atoms with Crippen LogP contribution in [0.5, 0.6) is 5.75 Å². The minimum absolute atomic E-state index is 0.00528. The zero-order valence-corrected chi connectivity index (χ0v) is 13.7. The van der Waals surface area contributed by atoms with Crippen molar-refractivity contribution in [3.8, 4) is 11.8 Å². The average Bonchev–Trinajstić information content (AvgIpc) is 2.61. The van der Waals surface area contributed by atoms with Gasteiger partial charge in [-0.1, -0.05) is 35.9 Å². The fourth-order valence-corrected chi connectivity index (χ4v) is 3.29. The maximum Gasteiger partial charge on any atom is 0.256 e. The van der Waals surface area contributed by atoms with Crippen LogP contribution in [-0.2, 0) is 0 Å². The molecule has 2 heterocycles. The molecule has 0 saturated heterocycles. The minimum Gasteiger partial charge on any atom is -0.439 e. The number of nitrogens with zero attached hydrogens (tertiary/aromatic N) is 1. The summed E-state index contributed by atoms with van der Waals surface area (Å²) in [5.74, 6) is -0.221. The number of nitrogens with one attached hydrogen (secondary N) is 1. The van der Waals surface area contributed by atoms with Crippen molar-refractivity contribution in [2.45, 2.75) is 5.92 Å². The topological polar surface area (TPSA) is 91.9 Å². The van der Waals surface area contributed by atoms with Crippen molar-refractivity contribution in [2.24, 2.45) is 5.73 Å². The Hall–Kier alpha value is -3.23. The number of hydrogen-bond acceptors (Lipinski definition) is 4. The Morgan fingerprint density at radius 2 is 1.88 bits per heavy atom. The smallest absolute Gasteiger partial charge is 0.256 e. The number of halogens is 1. The highest BCUT2D eigenvalue weighted by molar-refractivity contribution is 6.30. The van der Waals surface area contributed by atoms with Crippen molar-refractivity contribution in [2.75, 3.05) is 0 Å². The molecule has 1 aliphatic rings. The number of para-hydroxylation sites is 1. The van der Waals surface area contributed by atoms with Gasteiger partial charge in [0.1, 0.15) is 17.4 Å². The van der Waals surface area contributed by atoms with Gasteiger partial charge in [-0.3, -0.25) is 4.79 Å². The highest BCUT2D eigenvalue weighted by Gasteiger charge is 2.34. The molecule has 0 radical (unpaired) electrons. The largest absolute Gasteiger partial charge is 0.439 e. The lowest BCUT2D eigenvalue weighted by atomic mass is 9.83. The van der Waals surface area contributed by atoms with Crippen molar-refractivity contribution >= 4 is 22.5 Å². The lowest BCUT2D eigenvalue weighted by Crippen LogP contribution is -2.27. The van der Waals surface area contributed by atoms with Crippen LogP contribution in [-0.4, -0.2) is 4.98 Å². The van der Waals surface area contributed by atoms with Crippen LogP contribution in [0.3, 0.4) is 0 Å². The van der Waals surface area contributed by atoms with Gasteiger partial charge in [-0.05, 0) is 29.8 Å². The highest BCUT2D eigenvalue weighted by Crippen LogP contribution is 2.42. The number of aromatic amines is 1. The number of pyridine rings is 1. The molecule has 1 aliphatic heterocycles. The van der Waals surface area contributed by atoms with E-state index in [1.54, 1.807) is 30.3 Å². The van der Waals surface area contributed by atoms with Crippen LogP contribution < -0.4 is 16.0 Å². The van der Waals surface area contributed by atoms with E-state index in [1.807, 2.05) is 18.2 Å². The zero-order chi connectivity index (χ0) is 17.6. The molecule has 4 rings (SSSR count). The van der Waals surface area contributed by atoms with Crippen molar-refractivity contribution in [3.05, 3.63) is 86.5 Å². The van der Waals surface area contributed by atoms with Gasteiger partial charge in [-0.2, -0.15) is 5.26 Å². The van der Waals surface area contributed by atoms with Crippen LogP contribution in [0.1, 0.15) is 17.0 Å². The molecule has 122 valence electrons. The fourth-order valence-electron chi connectivity index (χ4n) is 3.16. The van der Waals surface area contributed by atoms with Gasteiger partial charge >= 0.3 is 0 Å². The maximum absolute atomic E-state index is 12.8. The van der Waals surface area contributed by atoms with E-state index in [-0.39, 0.29) is 17.0 Å². The molecule has 0 spiro atoms. The third-order valence-electron chi connectivity index (χ3n) is 4.29. The monoisotopic (exact) mass is 349 g/mol. The van der Waals surface area contributed by atoms with Gasteiger partial charge in [-0.15, -0.1) is 0 Å². The van der Waals surface area contributed by atoms with Gasteiger partial charge in [0, 0.05) is 10.4 Å². The molecular weight excluding hydrogens is 338 g/mol. The van der Waals surface area contributed by atoms with Crippen molar-refractivity contribution in [1.82, 2.24) is 4.98 Å². The molecule has 2 aromatic carbocycles. The average molecular weight is 350 g/mol. The van der Waals surface area contributed by atoms with Crippen molar-refractivity contribution < 1.29 is 4.74 Å². The first kappa shape index (κ1) is 15.3. The predicted octanol–water partition coefficient (Wildman–Crippen LogP) is 3.40. The Kier molecular flexibility index (Phi) is 3.48. The molecular formula is C19H12ClN3O2. The standard InChI is InChI=1S/C19H12ClN3O2/c20-11-7-5-10(6-8-11)15-13(9-21)18(22)25-17-12-3-1-2-4-14(12)23-19(24)16(15)17/h1-8,15H,22H2,(H,23,24)/t15-/m1/s1. The molecule has 6 heteroatoms.